The van der Waals surface area contributed by atoms with E-state index in [0.29, 0.717) is 17.9 Å². The van der Waals surface area contributed by atoms with Crippen molar-refractivity contribution in [2.45, 2.75) is 45.5 Å². The van der Waals surface area contributed by atoms with Gasteiger partial charge >= 0.3 is 0 Å². The maximum absolute atomic E-state index is 12.8. The minimum atomic E-state index is -1.93. The molecule has 9 heteroatoms. The number of nitro benzene ring substituents is 1. The first kappa shape index (κ1) is 25.6. The van der Waals surface area contributed by atoms with E-state index >= 15 is 0 Å². The number of hydrogen-bond donors (Lipinski definition) is 1. The molecule has 0 aliphatic heterocycles. The average molecular weight is 499 g/mol. The second-order valence-corrected chi connectivity index (χ2v) is 15.3. The fraction of sp³-hybridized carbons (Fsp3) is 0.320. The van der Waals surface area contributed by atoms with Crippen molar-refractivity contribution >= 4 is 36.9 Å². The Bertz CT molecular complexity index is 1180. The van der Waals surface area contributed by atoms with Gasteiger partial charge in [-0.3, -0.25) is 14.9 Å². The van der Waals surface area contributed by atoms with Crippen LogP contribution in [-0.4, -0.2) is 26.3 Å². The van der Waals surface area contributed by atoms with Crippen molar-refractivity contribution in [3.05, 3.63) is 74.5 Å². The number of anilines is 1. The monoisotopic (exact) mass is 498 g/mol. The molecule has 2 aromatic carbocycles. The molecule has 0 radical (unpaired) electrons. The summed E-state index contributed by atoms with van der Waals surface area (Å²) in [5.41, 5.74) is 2.08. The number of carbonyl (C=O) groups excluding carboxylic acids is 1. The maximum atomic E-state index is 12.8. The zero-order valence-electron chi connectivity index (χ0n) is 20.3. The summed E-state index contributed by atoms with van der Waals surface area (Å²) in [6.45, 7) is 11.5. The number of carbonyl (C=O) groups is 1. The molecule has 180 valence electrons. The first-order chi connectivity index (χ1) is 15.9. The second-order valence-electron chi connectivity index (χ2n) is 9.48. The standard InChI is InChI=1S/C25H30N2O5SSi/c1-25(2,3)34(5,6)32-16-23-20(13-14-33-23)18-9-12-22(27(29)30)21(15-18)26-24(28)17-7-10-19(31-4)11-8-17/h7-15H,16H2,1-6H3,(H,26,28). The van der Waals surface area contributed by atoms with Gasteiger partial charge in [0, 0.05) is 16.5 Å². The third-order valence-corrected chi connectivity index (χ3v) is 11.6. The molecule has 0 bridgehead atoms. The molecule has 1 N–H and O–H groups in total. The molecule has 0 unspecified atom stereocenters. The van der Waals surface area contributed by atoms with Gasteiger partial charge in [0.2, 0.25) is 0 Å². The van der Waals surface area contributed by atoms with Gasteiger partial charge in [-0.1, -0.05) is 20.8 Å². The molecular weight excluding hydrogens is 468 g/mol. The fourth-order valence-electron chi connectivity index (χ4n) is 3.07. The van der Waals surface area contributed by atoms with Gasteiger partial charge in [0.15, 0.2) is 8.32 Å². The first-order valence-corrected chi connectivity index (χ1v) is 14.7. The van der Waals surface area contributed by atoms with Gasteiger partial charge in [-0.25, -0.2) is 0 Å². The van der Waals surface area contributed by atoms with E-state index in [1.807, 2.05) is 11.4 Å². The van der Waals surface area contributed by atoms with Crippen molar-refractivity contribution in [3.63, 3.8) is 0 Å². The number of amides is 1. The van der Waals surface area contributed by atoms with Gasteiger partial charge in [-0.15, -0.1) is 11.3 Å². The van der Waals surface area contributed by atoms with Crippen LogP contribution in [-0.2, 0) is 11.0 Å². The summed E-state index contributed by atoms with van der Waals surface area (Å²) in [4.78, 5) is 24.9. The van der Waals surface area contributed by atoms with Crippen molar-refractivity contribution in [1.82, 2.24) is 0 Å². The maximum Gasteiger partial charge on any atom is 0.292 e. The number of methoxy groups -OCH3 is 1. The van der Waals surface area contributed by atoms with E-state index in [9.17, 15) is 14.9 Å². The lowest BCUT2D eigenvalue weighted by Crippen LogP contribution is -2.40. The van der Waals surface area contributed by atoms with E-state index in [2.05, 4.69) is 39.2 Å². The third-order valence-electron chi connectivity index (χ3n) is 6.22. The molecule has 0 aliphatic rings. The second kappa shape index (κ2) is 10.1. The summed E-state index contributed by atoms with van der Waals surface area (Å²) in [5.74, 6) is 0.184. The third kappa shape index (κ3) is 5.72. The molecule has 0 atom stereocenters. The molecular formula is C25H30N2O5SSi. The van der Waals surface area contributed by atoms with E-state index in [1.54, 1.807) is 54.8 Å². The van der Waals surface area contributed by atoms with Crippen LogP contribution >= 0.6 is 11.3 Å². The number of nitrogens with one attached hydrogen (secondary N) is 1. The highest BCUT2D eigenvalue weighted by Crippen LogP contribution is 2.39. The van der Waals surface area contributed by atoms with Crippen molar-refractivity contribution < 1.29 is 18.9 Å². The Hall–Kier alpha value is -3.01. The summed E-state index contributed by atoms with van der Waals surface area (Å²) in [5, 5.41) is 16.4. The lowest BCUT2D eigenvalue weighted by Gasteiger charge is -2.36. The molecule has 7 nitrogen and oxygen atoms in total. The summed E-state index contributed by atoms with van der Waals surface area (Å²) in [6.07, 6.45) is 0. The van der Waals surface area contributed by atoms with Gasteiger partial charge in [-0.05, 0) is 77.1 Å². The first-order valence-electron chi connectivity index (χ1n) is 10.9. The molecule has 34 heavy (non-hydrogen) atoms. The van der Waals surface area contributed by atoms with Crippen LogP contribution in [0.3, 0.4) is 0 Å². The number of nitro groups is 1. The van der Waals surface area contributed by atoms with Crippen LogP contribution in [0.4, 0.5) is 11.4 Å². The fourth-order valence-corrected chi connectivity index (χ4v) is 4.92. The minimum absolute atomic E-state index is 0.0939. The van der Waals surface area contributed by atoms with Gasteiger partial charge < -0.3 is 14.5 Å². The predicted octanol–water partition coefficient (Wildman–Crippen LogP) is 7.11. The predicted molar refractivity (Wildman–Crippen MR) is 139 cm³/mol. The topological polar surface area (TPSA) is 90.7 Å². The molecule has 0 saturated heterocycles. The SMILES string of the molecule is COc1ccc(C(=O)Nc2cc(-c3ccsc3CO[Si](C)(C)C(C)(C)C)ccc2[N+](=O)[O-])cc1. The van der Waals surface area contributed by atoms with Gasteiger partial charge in [0.25, 0.3) is 11.6 Å². The van der Waals surface area contributed by atoms with Crippen molar-refractivity contribution in [2.75, 3.05) is 12.4 Å². The van der Waals surface area contributed by atoms with E-state index in [-0.39, 0.29) is 16.4 Å². The highest BCUT2D eigenvalue weighted by Gasteiger charge is 2.37. The number of rotatable bonds is 8. The van der Waals surface area contributed by atoms with Crippen LogP contribution in [0.25, 0.3) is 11.1 Å². The van der Waals surface area contributed by atoms with Crippen LogP contribution in [0.2, 0.25) is 18.1 Å². The lowest BCUT2D eigenvalue weighted by molar-refractivity contribution is -0.383. The summed E-state index contributed by atoms with van der Waals surface area (Å²) in [7, 11) is -0.393. The zero-order valence-corrected chi connectivity index (χ0v) is 22.1. The molecule has 1 amide bonds. The van der Waals surface area contributed by atoms with Crippen LogP contribution in [0.5, 0.6) is 5.75 Å². The Labute approximate surface area is 205 Å². The molecule has 3 rings (SSSR count). The Kier molecular flexibility index (Phi) is 7.59. The number of nitrogens with zero attached hydrogens (tertiary/aromatic N) is 1. The van der Waals surface area contributed by atoms with Crippen LogP contribution in [0, 0.1) is 10.1 Å². The van der Waals surface area contributed by atoms with Gasteiger partial charge in [-0.2, -0.15) is 0 Å². The lowest BCUT2D eigenvalue weighted by atomic mass is 10.0. The Morgan fingerprint density at radius 2 is 1.79 bits per heavy atom. The summed E-state index contributed by atoms with van der Waals surface area (Å²) >= 11 is 1.59. The highest BCUT2D eigenvalue weighted by molar-refractivity contribution is 7.10. The summed E-state index contributed by atoms with van der Waals surface area (Å²) in [6, 6.07) is 13.3. The van der Waals surface area contributed by atoms with Crippen LogP contribution < -0.4 is 10.1 Å². The van der Waals surface area contributed by atoms with E-state index in [0.717, 1.165) is 16.0 Å². The summed E-state index contributed by atoms with van der Waals surface area (Å²) < 4.78 is 11.5. The van der Waals surface area contributed by atoms with Crippen molar-refractivity contribution in [3.8, 4) is 16.9 Å². The molecule has 0 aliphatic carbocycles. The van der Waals surface area contributed by atoms with E-state index < -0.39 is 19.1 Å². The van der Waals surface area contributed by atoms with Crippen LogP contribution in [0.15, 0.2) is 53.9 Å². The van der Waals surface area contributed by atoms with E-state index in [1.165, 1.54) is 6.07 Å². The molecule has 3 aromatic rings. The highest BCUT2D eigenvalue weighted by atomic mass is 32.1. The average Bonchev–Trinajstić information content (AvgIpc) is 3.25. The van der Waals surface area contributed by atoms with Gasteiger partial charge in [0.05, 0.1) is 18.6 Å². The number of thiophene rings is 1. The smallest absolute Gasteiger partial charge is 0.292 e. The minimum Gasteiger partial charge on any atom is -0.497 e. The number of benzene rings is 2. The quantitative estimate of drug-likeness (QED) is 0.203. The zero-order chi connectivity index (χ0) is 25.1. The largest absolute Gasteiger partial charge is 0.497 e. The molecule has 1 aromatic heterocycles. The van der Waals surface area contributed by atoms with Crippen LogP contribution in [0.1, 0.15) is 36.0 Å². The van der Waals surface area contributed by atoms with Crippen molar-refractivity contribution in [1.29, 1.82) is 0 Å². The molecule has 0 saturated carbocycles. The molecule has 0 fully saturated rings. The Balaban J connectivity index is 1.89. The molecule has 0 spiro atoms. The number of hydrogen-bond acceptors (Lipinski definition) is 6. The van der Waals surface area contributed by atoms with Gasteiger partial charge in [0.1, 0.15) is 11.4 Å². The van der Waals surface area contributed by atoms with E-state index in [4.69, 9.17) is 9.16 Å². The van der Waals surface area contributed by atoms with Crippen molar-refractivity contribution in [2.24, 2.45) is 0 Å². The normalized spacial score (nSPS) is 11.8. The number of ether oxygens (including phenoxy) is 1. The Morgan fingerprint density at radius 3 is 2.38 bits per heavy atom. The Morgan fingerprint density at radius 1 is 1.12 bits per heavy atom. The molecule has 1 heterocycles.